The van der Waals surface area contributed by atoms with Gasteiger partial charge in [0, 0.05) is 38.1 Å². The third-order valence-corrected chi connectivity index (χ3v) is 8.59. The standard InChI is InChI=1S/C32H29Cl2N3O2S2/c1-19-8-13-26-25(14-19)29(22-9-11-23(33)12-10-22)27(39-26)18-37(17-21-6-5-7-24(34)16-21)32(38)36-30-28(40-3)15-20(2)35-31(30)41-4/h5-16H,17-18H2,1-4H3,(H,36,38). The van der Waals surface area contributed by atoms with E-state index in [2.05, 4.69) is 23.3 Å². The van der Waals surface area contributed by atoms with Crippen molar-refractivity contribution in [2.75, 3.05) is 17.8 Å². The third kappa shape index (κ3) is 6.70. The van der Waals surface area contributed by atoms with Gasteiger partial charge in [-0.15, -0.1) is 23.5 Å². The normalized spacial score (nSPS) is 11.2. The zero-order valence-electron chi connectivity index (χ0n) is 23.1. The van der Waals surface area contributed by atoms with Gasteiger partial charge in [-0.3, -0.25) is 0 Å². The van der Waals surface area contributed by atoms with E-state index in [-0.39, 0.29) is 12.6 Å². The lowest BCUT2D eigenvalue weighted by Gasteiger charge is -2.24. The summed E-state index contributed by atoms with van der Waals surface area (Å²) in [5.41, 5.74) is 6.30. The van der Waals surface area contributed by atoms with Crippen molar-refractivity contribution in [3.05, 3.63) is 105 Å². The lowest BCUT2D eigenvalue weighted by Crippen LogP contribution is -2.34. The number of fused-ring (bicyclic) bond motifs is 1. The van der Waals surface area contributed by atoms with E-state index in [0.717, 1.165) is 48.8 Å². The van der Waals surface area contributed by atoms with Crippen LogP contribution < -0.4 is 5.32 Å². The van der Waals surface area contributed by atoms with Crippen LogP contribution in [0.5, 0.6) is 0 Å². The highest BCUT2D eigenvalue weighted by atomic mass is 35.5. The Hall–Kier alpha value is -3.10. The lowest BCUT2D eigenvalue weighted by atomic mass is 10.0. The molecule has 0 radical (unpaired) electrons. The molecule has 210 valence electrons. The fourth-order valence-electron chi connectivity index (χ4n) is 4.76. The van der Waals surface area contributed by atoms with E-state index < -0.39 is 0 Å². The Bertz CT molecular complexity index is 1700. The number of hydrogen-bond donors (Lipinski definition) is 1. The Morgan fingerprint density at radius 2 is 1.71 bits per heavy atom. The molecule has 0 aliphatic carbocycles. The molecule has 0 atom stereocenters. The van der Waals surface area contributed by atoms with Crippen LogP contribution in [0.4, 0.5) is 10.5 Å². The predicted octanol–water partition coefficient (Wildman–Crippen LogP) is 10.1. The number of thioether (sulfide) groups is 2. The molecule has 2 heterocycles. The number of nitrogens with one attached hydrogen (secondary N) is 1. The average Bonchev–Trinajstić information content (AvgIpc) is 3.30. The first-order chi connectivity index (χ1) is 19.7. The van der Waals surface area contributed by atoms with Gasteiger partial charge in [0.25, 0.3) is 0 Å². The molecule has 2 aromatic heterocycles. The summed E-state index contributed by atoms with van der Waals surface area (Å²) in [7, 11) is 0. The maximum absolute atomic E-state index is 14.1. The summed E-state index contributed by atoms with van der Waals surface area (Å²) >= 11 is 15.6. The van der Waals surface area contributed by atoms with E-state index >= 15 is 0 Å². The van der Waals surface area contributed by atoms with E-state index in [0.29, 0.717) is 28.0 Å². The van der Waals surface area contributed by atoms with Gasteiger partial charge in [0.15, 0.2) is 0 Å². The molecule has 0 bridgehead atoms. The first-order valence-electron chi connectivity index (χ1n) is 12.9. The highest BCUT2D eigenvalue weighted by Gasteiger charge is 2.24. The van der Waals surface area contributed by atoms with Crippen molar-refractivity contribution in [2.24, 2.45) is 0 Å². The molecule has 0 unspecified atom stereocenters. The molecule has 0 saturated carbocycles. The van der Waals surface area contributed by atoms with Crippen LogP contribution in [0.15, 0.2) is 87.1 Å². The second kappa shape index (κ2) is 12.8. The predicted molar refractivity (Wildman–Crippen MR) is 174 cm³/mol. The van der Waals surface area contributed by atoms with Crippen LogP contribution >= 0.6 is 46.7 Å². The number of amides is 2. The van der Waals surface area contributed by atoms with Gasteiger partial charge in [-0.25, -0.2) is 9.78 Å². The smallest absolute Gasteiger partial charge is 0.322 e. The summed E-state index contributed by atoms with van der Waals surface area (Å²) in [5.74, 6) is 0.683. The summed E-state index contributed by atoms with van der Waals surface area (Å²) < 4.78 is 6.44. The number of benzene rings is 3. The quantitative estimate of drug-likeness (QED) is 0.175. The van der Waals surface area contributed by atoms with Gasteiger partial charge >= 0.3 is 6.03 Å². The van der Waals surface area contributed by atoms with Gasteiger partial charge in [-0.2, -0.15) is 0 Å². The van der Waals surface area contributed by atoms with Crippen LogP contribution in [-0.2, 0) is 13.1 Å². The van der Waals surface area contributed by atoms with Crippen molar-refractivity contribution >= 4 is 69.4 Å². The monoisotopic (exact) mass is 621 g/mol. The Morgan fingerprint density at radius 1 is 0.927 bits per heavy atom. The highest BCUT2D eigenvalue weighted by molar-refractivity contribution is 7.99. The van der Waals surface area contributed by atoms with Gasteiger partial charge in [0.1, 0.15) is 16.4 Å². The molecular weight excluding hydrogens is 593 g/mol. The number of aromatic nitrogens is 1. The Balaban J connectivity index is 1.59. The van der Waals surface area contributed by atoms with E-state index in [1.54, 1.807) is 16.7 Å². The van der Waals surface area contributed by atoms with Crippen molar-refractivity contribution in [3.8, 4) is 11.1 Å². The van der Waals surface area contributed by atoms with Gasteiger partial charge in [0.2, 0.25) is 0 Å². The number of furan rings is 1. The van der Waals surface area contributed by atoms with Gasteiger partial charge in [-0.05, 0) is 80.0 Å². The zero-order valence-corrected chi connectivity index (χ0v) is 26.3. The summed E-state index contributed by atoms with van der Waals surface area (Å²) in [6.07, 6.45) is 3.95. The van der Waals surface area contributed by atoms with Crippen molar-refractivity contribution < 1.29 is 9.21 Å². The van der Waals surface area contributed by atoms with Crippen LogP contribution in [0.3, 0.4) is 0 Å². The minimum absolute atomic E-state index is 0.229. The number of rotatable bonds is 8. The molecule has 0 spiro atoms. The largest absolute Gasteiger partial charge is 0.459 e. The number of carbonyl (C=O) groups excluding carboxylic acids is 1. The maximum atomic E-state index is 14.1. The number of anilines is 1. The Kier molecular flexibility index (Phi) is 9.19. The number of carbonyl (C=O) groups is 1. The molecule has 9 heteroatoms. The molecule has 0 aliphatic rings. The van der Waals surface area contributed by atoms with E-state index in [4.69, 9.17) is 27.6 Å². The fourth-order valence-corrected chi connectivity index (χ4v) is 6.40. The number of urea groups is 1. The fraction of sp³-hybridized carbons (Fsp3) is 0.188. The second-order valence-corrected chi connectivity index (χ2v) is 12.2. The summed E-state index contributed by atoms with van der Waals surface area (Å²) in [5, 5.41) is 6.19. The van der Waals surface area contributed by atoms with Crippen LogP contribution in [-0.4, -0.2) is 28.4 Å². The first kappa shape index (κ1) is 29.4. The van der Waals surface area contributed by atoms with Gasteiger partial charge in [0.05, 0.1) is 12.2 Å². The highest BCUT2D eigenvalue weighted by Crippen LogP contribution is 2.38. The van der Waals surface area contributed by atoms with Crippen molar-refractivity contribution in [1.29, 1.82) is 0 Å². The second-order valence-electron chi connectivity index (χ2n) is 9.67. The topological polar surface area (TPSA) is 58.4 Å². The molecule has 1 N–H and O–H groups in total. The summed E-state index contributed by atoms with van der Waals surface area (Å²) in [6, 6.07) is 23.1. The van der Waals surface area contributed by atoms with E-state index in [1.807, 2.05) is 86.2 Å². The van der Waals surface area contributed by atoms with Crippen LogP contribution in [0.2, 0.25) is 10.0 Å². The van der Waals surface area contributed by atoms with Crippen molar-refractivity contribution in [3.63, 3.8) is 0 Å². The minimum Gasteiger partial charge on any atom is -0.459 e. The molecule has 0 fully saturated rings. The summed E-state index contributed by atoms with van der Waals surface area (Å²) in [6.45, 7) is 4.56. The van der Waals surface area contributed by atoms with Gasteiger partial charge in [-0.1, -0.05) is 59.1 Å². The molecule has 3 aromatic carbocycles. The first-order valence-corrected chi connectivity index (χ1v) is 16.1. The number of nitrogens with zero attached hydrogens (tertiary/aromatic N) is 2. The number of halogens is 2. The lowest BCUT2D eigenvalue weighted by molar-refractivity contribution is 0.202. The van der Waals surface area contributed by atoms with E-state index in [1.165, 1.54) is 11.8 Å². The SMILES string of the molecule is CSc1cc(C)nc(SC)c1NC(=O)N(Cc1cccc(Cl)c1)Cc1oc2ccc(C)cc2c1-c1ccc(Cl)cc1. The molecule has 5 rings (SSSR count). The number of pyridine rings is 1. The molecular formula is C32H29Cl2N3O2S2. The maximum Gasteiger partial charge on any atom is 0.322 e. The minimum atomic E-state index is -0.264. The number of aryl methyl sites for hydroxylation is 2. The van der Waals surface area contributed by atoms with Gasteiger partial charge < -0.3 is 14.6 Å². The zero-order chi connectivity index (χ0) is 29.1. The summed E-state index contributed by atoms with van der Waals surface area (Å²) in [4.78, 5) is 21.4. The van der Waals surface area contributed by atoms with Crippen molar-refractivity contribution in [1.82, 2.24) is 9.88 Å². The molecule has 5 aromatic rings. The molecule has 0 saturated heterocycles. The van der Waals surface area contributed by atoms with Crippen LogP contribution in [0.25, 0.3) is 22.1 Å². The van der Waals surface area contributed by atoms with Crippen LogP contribution in [0, 0.1) is 13.8 Å². The molecule has 0 aliphatic heterocycles. The third-order valence-electron chi connectivity index (χ3n) is 6.66. The number of hydrogen-bond acceptors (Lipinski definition) is 5. The average molecular weight is 623 g/mol. The van der Waals surface area contributed by atoms with Crippen molar-refractivity contribution in [2.45, 2.75) is 36.9 Å². The molecule has 41 heavy (non-hydrogen) atoms. The Morgan fingerprint density at radius 3 is 2.41 bits per heavy atom. The van der Waals surface area contributed by atoms with E-state index in [9.17, 15) is 4.79 Å². The Labute approximate surface area is 258 Å². The van der Waals surface area contributed by atoms with Crippen LogP contribution in [0.1, 0.15) is 22.6 Å². The molecule has 5 nitrogen and oxygen atoms in total. The molecule has 2 amide bonds.